The van der Waals surface area contributed by atoms with E-state index in [2.05, 4.69) is 37.6 Å². The predicted octanol–water partition coefficient (Wildman–Crippen LogP) is 7.18. The molecule has 1 aromatic heterocycles. The summed E-state index contributed by atoms with van der Waals surface area (Å²) in [4.78, 5) is 4.28. The molecule has 4 rings (SSSR count). The highest BCUT2D eigenvalue weighted by Gasteiger charge is 2.23. The lowest BCUT2D eigenvalue weighted by Gasteiger charge is -2.26. The van der Waals surface area contributed by atoms with Crippen molar-refractivity contribution >= 4 is 5.82 Å². The fraction of sp³-hybridized carbons (Fsp3) is 0.629. The van der Waals surface area contributed by atoms with Gasteiger partial charge in [0.1, 0.15) is 5.82 Å². The Hall–Kier alpha value is -2.75. The largest absolute Gasteiger partial charge is 0.504 e. The van der Waals surface area contributed by atoms with Gasteiger partial charge in [0.05, 0.1) is 24.9 Å². The first-order valence-electron chi connectivity index (χ1n) is 15.8. The average molecular weight is 563 g/mol. The van der Waals surface area contributed by atoms with Crippen LogP contribution in [0.15, 0.2) is 30.5 Å². The fourth-order valence-electron chi connectivity index (χ4n) is 6.03. The van der Waals surface area contributed by atoms with E-state index in [1.807, 2.05) is 18.2 Å². The van der Waals surface area contributed by atoms with Gasteiger partial charge in [-0.1, -0.05) is 51.5 Å². The zero-order chi connectivity index (χ0) is 29.2. The Morgan fingerprint density at radius 1 is 1.10 bits per heavy atom. The van der Waals surface area contributed by atoms with Crippen LogP contribution in [0.2, 0.25) is 0 Å². The number of phenols is 1. The molecule has 0 saturated heterocycles. The van der Waals surface area contributed by atoms with E-state index in [4.69, 9.17) is 15.2 Å². The third-order valence-electron chi connectivity index (χ3n) is 8.77. The fourth-order valence-corrected chi connectivity index (χ4v) is 6.03. The summed E-state index contributed by atoms with van der Waals surface area (Å²) in [6.45, 7) is 7.18. The maximum Gasteiger partial charge on any atom is 0.161 e. The Morgan fingerprint density at radius 2 is 1.90 bits per heavy atom. The molecule has 4 N–H and O–H groups in total. The van der Waals surface area contributed by atoms with E-state index in [1.165, 1.54) is 25.7 Å². The number of hydrogen-bond acceptors (Lipinski definition) is 6. The first-order chi connectivity index (χ1) is 19.8. The third kappa shape index (κ3) is 9.94. The molecule has 0 unspecified atom stereocenters. The van der Waals surface area contributed by atoms with Crippen molar-refractivity contribution in [1.82, 2.24) is 4.98 Å². The van der Waals surface area contributed by atoms with Gasteiger partial charge in [0.25, 0.3) is 0 Å². The Kier molecular flexibility index (Phi) is 11.8. The van der Waals surface area contributed by atoms with Crippen LogP contribution in [0.3, 0.4) is 0 Å². The van der Waals surface area contributed by atoms with Gasteiger partial charge in [-0.05, 0) is 99.8 Å². The van der Waals surface area contributed by atoms with Crippen LogP contribution in [0.4, 0.5) is 5.82 Å². The number of nitrogen functional groups attached to an aromatic ring is 1. The number of pyridine rings is 1. The van der Waals surface area contributed by atoms with Crippen LogP contribution in [0.5, 0.6) is 11.5 Å². The zero-order valence-electron chi connectivity index (χ0n) is 25.3. The van der Waals surface area contributed by atoms with Crippen molar-refractivity contribution in [3.63, 3.8) is 0 Å². The molecule has 6 heteroatoms. The summed E-state index contributed by atoms with van der Waals surface area (Å²) in [6.07, 6.45) is 13.2. The predicted molar refractivity (Wildman–Crippen MR) is 165 cm³/mol. The molecule has 0 bridgehead atoms. The van der Waals surface area contributed by atoms with Crippen LogP contribution in [0, 0.1) is 29.6 Å². The molecule has 1 aliphatic heterocycles. The highest BCUT2D eigenvalue weighted by atomic mass is 16.5. The quantitative estimate of drug-likeness (QED) is 0.265. The number of nitrogens with two attached hydrogens (primary N) is 1. The maximum atomic E-state index is 11.1. The SMILES string of the molecule is CC(C)CC[C@H]1CC[C@@H](C[C@H](O)CCc2ccc(O)c(OC3CCCCC3)c2)OCc2cnc(N)cc2C#C[C@H]1C. The number of rotatable bonds is 10. The van der Waals surface area contributed by atoms with E-state index in [1.54, 1.807) is 12.3 Å². The summed E-state index contributed by atoms with van der Waals surface area (Å²) in [6, 6.07) is 7.42. The molecule has 41 heavy (non-hydrogen) atoms. The molecule has 2 heterocycles. The number of fused-ring (bicyclic) bond motifs is 1. The maximum absolute atomic E-state index is 11.1. The number of nitrogens with zero attached hydrogens (tertiary/aromatic N) is 1. The number of aliphatic hydroxyl groups excluding tert-OH is 1. The molecule has 4 atom stereocenters. The number of aryl methyl sites for hydroxylation is 1. The summed E-state index contributed by atoms with van der Waals surface area (Å²) >= 11 is 0. The average Bonchev–Trinajstić information content (AvgIpc) is 2.98. The Balaban J connectivity index is 1.39. The second kappa shape index (κ2) is 15.5. The van der Waals surface area contributed by atoms with Gasteiger partial charge < -0.3 is 25.4 Å². The van der Waals surface area contributed by atoms with E-state index < -0.39 is 6.10 Å². The van der Waals surface area contributed by atoms with Gasteiger partial charge in [0, 0.05) is 23.2 Å². The Labute approximate surface area is 247 Å². The van der Waals surface area contributed by atoms with Crippen molar-refractivity contribution in [2.45, 2.75) is 123 Å². The molecule has 2 aromatic rings. The Bertz CT molecular complexity index is 1160. The lowest BCUT2D eigenvalue weighted by atomic mass is 9.83. The lowest BCUT2D eigenvalue weighted by molar-refractivity contribution is -0.00630. The molecule has 1 aromatic carbocycles. The monoisotopic (exact) mass is 562 g/mol. The second-order valence-electron chi connectivity index (χ2n) is 12.7. The van der Waals surface area contributed by atoms with Gasteiger partial charge in [0.15, 0.2) is 11.5 Å². The lowest BCUT2D eigenvalue weighted by Crippen LogP contribution is -2.23. The molecule has 1 fully saturated rings. The smallest absolute Gasteiger partial charge is 0.161 e. The van der Waals surface area contributed by atoms with E-state index in [9.17, 15) is 10.2 Å². The molecule has 1 saturated carbocycles. The van der Waals surface area contributed by atoms with Crippen molar-refractivity contribution in [3.8, 4) is 23.3 Å². The minimum Gasteiger partial charge on any atom is -0.504 e. The summed E-state index contributed by atoms with van der Waals surface area (Å²) < 4.78 is 12.6. The minimum absolute atomic E-state index is 0.0627. The molecule has 224 valence electrons. The number of hydrogen-bond donors (Lipinski definition) is 3. The molecule has 0 radical (unpaired) electrons. The highest BCUT2D eigenvalue weighted by molar-refractivity contribution is 5.47. The van der Waals surface area contributed by atoms with E-state index in [0.29, 0.717) is 49.3 Å². The summed E-state index contributed by atoms with van der Waals surface area (Å²) in [7, 11) is 0. The zero-order valence-corrected chi connectivity index (χ0v) is 25.3. The number of aromatic nitrogens is 1. The van der Waals surface area contributed by atoms with Crippen molar-refractivity contribution < 1.29 is 19.7 Å². The van der Waals surface area contributed by atoms with Gasteiger partial charge in [-0.15, -0.1) is 0 Å². The minimum atomic E-state index is -0.492. The van der Waals surface area contributed by atoms with Crippen molar-refractivity contribution in [2.24, 2.45) is 17.8 Å². The van der Waals surface area contributed by atoms with Gasteiger partial charge in [0.2, 0.25) is 0 Å². The molecule has 2 aliphatic rings. The number of aromatic hydroxyl groups is 1. The highest BCUT2D eigenvalue weighted by Crippen LogP contribution is 2.32. The summed E-state index contributed by atoms with van der Waals surface area (Å²) in [5.74, 6) is 9.48. The van der Waals surface area contributed by atoms with Crippen molar-refractivity contribution in [3.05, 3.63) is 47.2 Å². The van der Waals surface area contributed by atoms with Gasteiger partial charge in [-0.25, -0.2) is 4.98 Å². The van der Waals surface area contributed by atoms with Gasteiger partial charge in [-0.2, -0.15) is 0 Å². The number of anilines is 1. The van der Waals surface area contributed by atoms with Gasteiger partial charge in [-0.3, -0.25) is 0 Å². The van der Waals surface area contributed by atoms with E-state index in [-0.39, 0.29) is 23.9 Å². The first-order valence-corrected chi connectivity index (χ1v) is 15.8. The molecule has 0 amide bonds. The Morgan fingerprint density at radius 3 is 2.68 bits per heavy atom. The summed E-state index contributed by atoms with van der Waals surface area (Å²) in [5.41, 5.74) is 8.86. The third-order valence-corrected chi connectivity index (χ3v) is 8.77. The van der Waals surface area contributed by atoms with E-state index in [0.717, 1.165) is 48.8 Å². The van der Waals surface area contributed by atoms with Crippen molar-refractivity contribution in [2.75, 3.05) is 5.73 Å². The summed E-state index contributed by atoms with van der Waals surface area (Å²) in [5, 5.41) is 21.5. The molecule has 6 nitrogen and oxygen atoms in total. The number of benzene rings is 1. The van der Waals surface area contributed by atoms with Crippen LogP contribution < -0.4 is 10.5 Å². The van der Waals surface area contributed by atoms with Crippen LogP contribution in [0.1, 0.15) is 108 Å². The molecule has 0 spiro atoms. The molecular formula is C35H50N2O4. The van der Waals surface area contributed by atoms with Crippen molar-refractivity contribution in [1.29, 1.82) is 0 Å². The first kappa shape index (κ1) is 31.2. The number of phenolic OH excluding ortho intramolecular Hbond substituents is 1. The van der Waals surface area contributed by atoms with Crippen LogP contribution in [-0.2, 0) is 17.8 Å². The standard InChI is InChI=1S/C35H50N2O4/c1-24(2)9-13-27-15-17-32(40-23-29-22-37-35(36)20-28(29)14-10-25(27)3)21-30(38)16-11-26-12-18-33(39)34(19-26)41-31-7-5-4-6-8-31/h12,18-20,22,24-25,27,30-32,38-39H,4-9,11,13,15-17,21,23H2,1-3H3,(H2,36,37)/t25-,27+,30-,32+/m1/s1. The normalized spacial score (nSPS) is 22.7. The van der Waals surface area contributed by atoms with Crippen LogP contribution in [-0.4, -0.2) is 33.5 Å². The topological polar surface area (TPSA) is 97.8 Å². The number of ether oxygens (including phenoxy) is 2. The van der Waals surface area contributed by atoms with E-state index >= 15 is 0 Å². The van der Waals surface area contributed by atoms with Crippen LogP contribution >= 0.6 is 0 Å². The number of aliphatic hydroxyl groups is 1. The molecular weight excluding hydrogens is 512 g/mol. The second-order valence-corrected chi connectivity index (χ2v) is 12.7. The molecule has 1 aliphatic carbocycles. The van der Waals surface area contributed by atoms with Crippen LogP contribution in [0.25, 0.3) is 0 Å². The van der Waals surface area contributed by atoms with Gasteiger partial charge >= 0.3 is 0 Å².